The second-order valence-electron chi connectivity index (χ2n) is 5.16. The number of anilines is 1. The summed E-state index contributed by atoms with van der Waals surface area (Å²) >= 11 is 5.91. The van der Waals surface area contributed by atoms with E-state index in [1.54, 1.807) is 13.2 Å². The van der Waals surface area contributed by atoms with Crippen LogP contribution in [0, 0.1) is 5.41 Å². The highest BCUT2D eigenvalue weighted by Gasteiger charge is 2.09. The van der Waals surface area contributed by atoms with Crippen LogP contribution in [-0.2, 0) is 11.3 Å². The first-order valence-electron chi connectivity index (χ1n) is 5.67. The maximum absolute atomic E-state index is 5.91. The molecule has 1 rings (SSSR count). The Morgan fingerprint density at radius 3 is 2.65 bits per heavy atom. The average molecular weight is 258 g/mol. The first-order chi connectivity index (χ1) is 7.90. The van der Waals surface area contributed by atoms with Crippen molar-refractivity contribution in [1.29, 1.82) is 0 Å². The minimum Gasteiger partial charge on any atom is -0.377 e. The van der Waals surface area contributed by atoms with Crippen molar-refractivity contribution in [2.75, 3.05) is 19.0 Å². The molecular formula is C12H20ClN3O. The first kappa shape index (κ1) is 14.2. The minimum atomic E-state index is 0.305. The van der Waals surface area contributed by atoms with Crippen molar-refractivity contribution in [2.45, 2.75) is 33.8 Å². The Morgan fingerprint density at radius 1 is 1.35 bits per heavy atom. The summed E-state index contributed by atoms with van der Waals surface area (Å²) in [4.78, 5) is 8.38. The fraction of sp³-hybridized carbons (Fsp3) is 0.667. The fourth-order valence-electron chi connectivity index (χ4n) is 1.31. The Balaban J connectivity index is 2.58. The molecule has 4 nitrogen and oxygen atoms in total. The summed E-state index contributed by atoms with van der Waals surface area (Å²) in [6.07, 6.45) is 1.06. The Hall–Kier alpha value is -0.870. The van der Waals surface area contributed by atoms with Gasteiger partial charge in [0.2, 0.25) is 0 Å². The van der Waals surface area contributed by atoms with Crippen LogP contribution in [-0.4, -0.2) is 23.6 Å². The lowest BCUT2D eigenvalue weighted by Gasteiger charge is -2.18. The predicted octanol–water partition coefficient (Wildman–Crippen LogP) is 3.12. The van der Waals surface area contributed by atoms with Crippen molar-refractivity contribution in [3.63, 3.8) is 0 Å². The van der Waals surface area contributed by atoms with Crippen molar-refractivity contribution in [3.05, 3.63) is 17.0 Å². The molecule has 0 saturated heterocycles. The van der Waals surface area contributed by atoms with Crippen LogP contribution in [0.1, 0.15) is 33.0 Å². The van der Waals surface area contributed by atoms with Crippen molar-refractivity contribution in [1.82, 2.24) is 9.97 Å². The molecule has 0 spiro atoms. The molecule has 0 aromatic carbocycles. The summed E-state index contributed by atoms with van der Waals surface area (Å²) in [5.74, 6) is 1.35. The van der Waals surface area contributed by atoms with E-state index in [0.717, 1.165) is 18.8 Å². The molecule has 0 aliphatic heterocycles. The van der Waals surface area contributed by atoms with E-state index in [9.17, 15) is 0 Å². The molecule has 1 N–H and O–H groups in total. The van der Waals surface area contributed by atoms with Crippen LogP contribution in [0.15, 0.2) is 6.07 Å². The monoisotopic (exact) mass is 257 g/mol. The molecule has 0 unspecified atom stereocenters. The summed E-state index contributed by atoms with van der Waals surface area (Å²) in [5, 5.41) is 3.69. The molecule has 5 heteroatoms. The van der Waals surface area contributed by atoms with Crippen molar-refractivity contribution < 1.29 is 4.74 Å². The number of nitrogens with one attached hydrogen (secondary N) is 1. The normalized spacial score (nSPS) is 11.6. The minimum absolute atomic E-state index is 0.305. The van der Waals surface area contributed by atoms with E-state index >= 15 is 0 Å². The summed E-state index contributed by atoms with van der Waals surface area (Å²) in [5.41, 5.74) is 0.305. The van der Waals surface area contributed by atoms with Gasteiger partial charge in [0.15, 0.2) is 5.82 Å². The van der Waals surface area contributed by atoms with E-state index in [-0.39, 0.29) is 0 Å². The van der Waals surface area contributed by atoms with E-state index in [0.29, 0.717) is 23.0 Å². The quantitative estimate of drug-likeness (QED) is 0.824. The number of hydrogen-bond donors (Lipinski definition) is 1. The predicted molar refractivity (Wildman–Crippen MR) is 70.3 cm³/mol. The molecule has 0 fully saturated rings. The molecule has 0 amide bonds. The van der Waals surface area contributed by atoms with Crippen LogP contribution < -0.4 is 5.32 Å². The zero-order chi connectivity index (χ0) is 12.9. The number of nitrogens with zero attached hydrogens (tertiary/aromatic N) is 2. The SMILES string of the molecule is COCc1nc(Cl)cc(NCCC(C)(C)C)n1. The Morgan fingerprint density at radius 2 is 2.06 bits per heavy atom. The molecule has 0 bridgehead atoms. The topological polar surface area (TPSA) is 47.0 Å². The highest BCUT2D eigenvalue weighted by atomic mass is 35.5. The lowest BCUT2D eigenvalue weighted by molar-refractivity contribution is 0.178. The Bertz CT molecular complexity index is 363. The van der Waals surface area contributed by atoms with Gasteiger partial charge in [-0.15, -0.1) is 0 Å². The molecule has 17 heavy (non-hydrogen) atoms. The number of rotatable bonds is 5. The van der Waals surface area contributed by atoms with Gasteiger partial charge in [-0.25, -0.2) is 9.97 Å². The van der Waals surface area contributed by atoms with Gasteiger partial charge in [-0.05, 0) is 11.8 Å². The second kappa shape index (κ2) is 6.17. The van der Waals surface area contributed by atoms with Gasteiger partial charge >= 0.3 is 0 Å². The number of ether oxygens (including phenoxy) is 1. The van der Waals surface area contributed by atoms with Gasteiger partial charge < -0.3 is 10.1 Å². The lowest BCUT2D eigenvalue weighted by Crippen LogP contribution is -2.14. The fourth-order valence-corrected chi connectivity index (χ4v) is 1.52. The van der Waals surface area contributed by atoms with Crippen molar-refractivity contribution in [2.24, 2.45) is 5.41 Å². The summed E-state index contributed by atoms with van der Waals surface area (Å²) in [6, 6.07) is 1.73. The molecule has 1 aromatic rings. The van der Waals surface area contributed by atoms with Gasteiger partial charge in [-0.2, -0.15) is 0 Å². The van der Waals surface area contributed by atoms with Gasteiger partial charge in [0, 0.05) is 19.7 Å². The Kier molecular flexibility index (Phi) is 5.15. The van der Waals surface area contributed by atoms with Crippen LogP contribution in [0.2, 0.25) is 5.15 Å². The van der Waals surface area contributed by atoms with Gasteiger partial charge in [-0.1, -0.05) is 32.4 Å². The maximum Gasteiger partial charge on any atom is 0.158 e. The van der Waals surface area contributed by atoms with Crippen LogP contribution in [0.25, 0.3) is 0 Å². The molecule has 0 aliphatic rings. The highest BCUT2D eigenvalue weighted by Crippen LogP contribution is 2.19. The van der Waals surface area contributed by atoms with Crippen molar-refractivity contribution >= 4 is 17.4 Å². The third-order valence-corrected chi connectivity index (χ3v) is 2.39. The molecule has 0 saturated carbocycles. The van der Waals surface area contributed by atoms with Gasteiger partial charge in [0.25, 0.3) is 0 Å². The maximum atomic E-state index is 5.91. The molecule has 0 atom stereocenters. The first-order valence-corrected chi connectivity index (χ1v) is 6.05. The summed E-state index contributed by atoms with van der Waals surface area (Å²) in [7, 11) is 1.61. The molecule has 0 radical (unpaired) electrons. The van der Waals surface area contributed by atoms with E-state index in [1.165, 1.54) is 0 Å². The smallest absolute Gasteiger partial charge is 0.158 e. The van der Waals surface area contributed by atoms with Crippen LogP contribution in [0.4, 0.5) is 5.82 Å². The van der Waals surface area contributed by atoms with Crippen molar-refractivity contribution in [3.8, 4) is 0 Å². The summed E-state index contributed by atoms with van der Waals surface area (Å²) < 4.78 is 4.99. The average Bonchev–Trinajstić information content (AvgIpc) is 2.15. The van der Waals surface area contributed by atoms with E-state index in [1.807, 2.05) is 0 Å². The number of aromatic nitrogens is 2. The third kappa shape index (κ3) is 5.84. The zero-order valence-electron chi connectivity index (χ0n) is 10.9. The molecule has 1 aromatic heterocycles. The molecule has 1 heterocycles. The van der Waals surface area contributed by atoms with E-state index in [4.69, 9.17) is 16.3 Å². The molecular weight excluding hydrogens is 238 g/mol. The van der Waals surface area contributed by atoms with E-state index in [2.05, 4.69) is 36.1 Å². The highest BCUT2D eigenvalue weighted by molar-refractivity contribution is 6.29. The molecule has 96 valence electrons. The number of hydrogen-bond acceptors (Lipinski definition) is 4. The van der Waals surface area contributed by atoms with Crippen LogP contribution in [0.5, 0.6) is 0 Å². The second-order valence-corrected chi connectivity index (χ2v) is 5.55. The largest absolute Gasteiger partial charge is 0.377 e. The van der Waals surface area contributed by atoms with Crippen LogP contribution >= 0.6 is 11.6 Å². The van der Waals surface area contributed by atoms with Crippen LogP contribution in [0.3, 0.4) is 0 Å². The lowest BCUT2D eigenvalue weighted by atomic mass is 9.92. The Labute approximate surface area is 108 Å². The molecule has 0 aliphatic carbocycles. The number of methoxy groups -OCH3 is 1. The van der Waals surface area contributed by atoms with Gasteiger partial charge in [0.05, 0.1) is 0 Å². The third-order valence-electron chi connectivity index (χ3n) is 2.20. The van der Waals surface area contributed by atoms with E-state index < -0.39 is 0 Å². The van der Waals surface area contributed by atoms with Gasteiger partial charge in [-0.3, -0.25) is 0 Å². The number of halogens is 1. The standard InChI is InChI=1S/C12H20ClN3O/c1-12(2,3)5-6-14-10-7-9(13)15-11(16-10)8-17-4/h7H,5-6,8H2,1-4H3,(H,14,15,16). The summed E-state index contributed by atoms with van der Waals surface area (Å²) in [6.45, 7) is 7.85. The van der Waals surface area contributed by atoms with Gasteiger partial charge in [0.1, 0.15) is 17.6 Å². The zero-order valence-corrected chi connectivity index (χ0v) is 11.6.